The Morgan fingerprint density at radius 2 is 2.11 bits per heavy atom. The first-order valence-electron chi connectivity index (χ1n) is 9.40. The van der Waals surface area contributed by atoms with Gasteiger partial charge < -0.3 is 19.9 Å². The number of amides is 2. The molecule has 27 heavy (non-hydrogen) atoms. The fourth-order valence-electron chi connectivity index (χ4n) is 3.91. The van der Waals surface area contributed by atoms with E-state index in [0.717, 1.165) is 30.8 Å². The minimum Gasteiger partial charge on any atom is -0.481 e. The van der Waals surface area contributed by atoms with E-state index < -0.39 is 11.4 Å². The van der Waals surface area contributed by atoms with Crippen LogP contribution in [0.3, 0.4) is 0 Å². The summed E-state index contributed by atoms with van der Waals surface area (Å²) in [5.74, 6) is 0.0734. The van der Waals surface area contributed by atoms with Crippen LogP contribution >= 0.6 is 0 Å². The van der Waals surface area contributed by atoms with Crippen molar-refractivity contribution in [2.75, 3.05) is 18.4 Å². The molecule has 0 spiro atoms. The summed E-state index contributed by atoms with van der Waals surface area (Å²) < 4.78 is 2.25. The summed E-state index contributed by atoms with van der Waals surface area (Å²) in [7, 11) is 0. The van der Waals surface area contributed by atoms with Crippen LogP contribution in [0.5, 0.6) is 0 Å². The number of anilines is 1. The van der Waals surface area contributed by atoms with Crippen LogP contribution in [-0.4, -0.2) is 44.6 Å². The third kappa shape index (κ3) is 3.29. The average molecular weight is 368 g/mol. The van der Waals surface area contributed by atoms with Crippen molar-refractivity contribution in [2.45, 2.75) is 39.2 Å². The van der Waals surface area contributed by atoms with Crippen molar-refractivity contribution in [1.82, 2.24) is 14.5 Å². The summed E-state index contributed by atoms with van der Waals surface area (Å²) in [6.45, 7) is 3.33. The number of nitrogens with zero attached hydrogens (tertiary/aromatic N) is 3. The summed E-state index contributed by atoms with van der Waals surface area (Å²) in [5.41, 5.74) is 2.05. The van der Waals surface area contributed by atoms with Crippen molar-refractivity contribution in [2.24, 2.45) is 5.41 Å². The third-order valence-corrected chi connectivity index (χ3v) is 5.65. The number of carboxylic acid groups (broad SMARTS) is 1. The van der Waals surface area contributed by atoms with Crippen molar-refractivity contribution < 1.29 is 14.7 Å². The molecule has 2 aliphatic heterocycles. The first kappa shape index (κ1) is 17.6. The fraction of sp³-hybridized carbons (Fsp3) is 0.450. The van der Waals surface area contributed by atoms with Crippen LogP contribution in [0, 0.1) is 5.41 Å². The predicted molar refractivity (Wildman–Crippen MR) is 102 cm³/mol. The Kier molecular flexibility index (Phi) is 4.37. The van der Waals surface area contributed by atoms with Gasteiger partial charge in [0.15, 0.2) is 0 Å². The van der Waals surface area contributed by atoms with Crippen LogP contribution < -0.4 is 5.32 Å². The predicted octanol–water partition coefficient (Wildman–Crippen LogP) is 3.21. The molecule has 2 aromatic rings. The van der Waals surface area contributed by atoms with Gasteiger partial charge in [-0.1, -0.05) is 12.1 Å². The molecule has 4 rings (SSSR count). The normalized spacial score (nSPS) is 21.7. The summed E-state index contributed by atoms with van der Waals surface area (Å²) >= 11 is 0. The zero-order valence-electron chi connectivity index (χ0n) is 15.4. The highest BCUT2D eigenvalue weighted by Gasteiger charge is 2.42. The summed E-state index contributed by atoms with van der Waals surface area (Å²) in [6, 6.07) is 7.41. The molecule has 7 nitrogen and oxygen atoms in total. The van der Waals surface area contributed by atoms with E-state index in [2.05, 4.69) is 14.9 Å². The van der Waals surface area contributed by atoms with Crippen molar-refractivity contribution in [3.63, 3.8) is 0 Å². The molecule has 2 amide bonds. The number of aromatic nitrogens is 2. The minimum absolute atomic E-state index is 0.224. The second kappa shape index (κ2) is 6.72. The number of rotatable bonds is 3. The Bertz CT molecular complexity index is 891. The van der Waals surface area contributed by atoms with Crippen molar-refractivity contribution in [1.29, 1.82) is 0 Å². The molecule has 2 N–H and O–H groups in total. The molecule has 1 saturated heterocycles. The van der Waals surface area contributed by atoms with E-state index in [1.54, 1.807) is 11.8 Å². The molecular weight excluding hydrogens is 344 g/mol. The molecule has 1 aromatic heterocycles. The number of likely N-dealkylation sites (tertiary alicyclic amines) is 1. The van der Waals surface area contributed by atoms with Crippen molar-refractivity contribution in [3.05, 3.63) is 36.2 Å². The molecule has 1 unspecified atom stereocenters. The molecule has 0 saturated carbocycles. The van der Waals surface area contributed by atoms with Crippen molar-refractivity contribution in [3.8, 4) is 11.4 Å². The maximum Gasteiger partial charge on any atom is 0.321 e. The molecule has 0 aliphatic carbocycles. The van der Waals surface area contributed by atoms with Gasteiger partial charge in [-0.3, -0.25) is 4.79 Å². The van der Waals surface area contributed by atoms with E-state index in [-0.39, 0.29) is 12.6 Å². The van der Waals surface area contributed by atoms with Crippen LogP contribution in [0.2, 0.25) is 0 Å². The number of urea groups is 1. The first-order valence-corrected chi connectivity index (χ1v) is 9.40. The van der Waals surface area contributed by atoms with Gasteiger partial charge in [0, 0.05) is 42.8 Å². The lowest BCUT2D eigenvalue weighted by Gasteiger charge is -2.21. The Labute approximate surface area is 158 Å². The summed E-state index contributed by atoms with van der Waals surface area (Å²) in [4.78, 5) is 30.1. The quantitative estimate of drug-likeness (QED) is 0.871. The second-order valence-corrected chi connectivity index (χ2v) is 7.73. The maximum absolute atomic E-state index is 12.6. The lowest BCUT2D eigenvalue weighted by atomic mass is 9.90. The van der Waals surface area contributed by atoms with E-state index in [1.807, 2.05) is 30.5 Å². The van der Waals surface area contributed by atoms with E-state index >= 15 is 0 Å². The maximum atomic E-state index is 12.6. The SMILES string of the molecule is CC1(C(=O)O)CCN(C(=O)Nc2cccc(-c3ncc4n3CCCC4)c2)C1. The molecule has 1 aromatic carbocycles. The van der Waals surface area contributed by atoms with Gasteiger partial charge in [-0.25, -0.2) is 9.78 Å². The molecule has 1 atom stereocenters. The number of carboxylic acids is 1. The zero-order valence-corrected chi connectivity index (χ0v) is 15.4. The number of imidazole rings is 1. The number of aliphatic carboxylic acids is 1. The summed E-state index contributed by atoms with van der Waals surface area (Å²) in [6.07, 6.45) is 5.82. The lowest BCUT2D eigenvalue weighted by molar-refractivity contribution is -0.146. The highest BCUT2D eigenvalue weighted by Crippen LogP contribution is 2.31. The first-order chi connectivity index (χ1) is 13.0. The number of benzene rings is 1. The van der Waals surface area contributed by atoms with Gasteiger partial charge in [0.05, 0.1) is 5.41 Å². The molecule has 2 aliphatic rings. The molecule has 3 heterocycles. The summed E-state index contributed by atoms with van der Waals surface area (Å²) in [5, 5.41) is 12.2. The van der Waals surface area contributed by atoms with Crippen LogP contribution in [0.1, 0.15) is 31.9 Å². The highest BCUT2D eigenvalue weighted by molar-refractivity contribution is 5.91. The van der Waals surface area contributed by atoms with Crippen LogP contribution in [0.4, 0.5) is 10.5 Å². The number of nitrogens with one attached hydrogen (secondary N) is 1. The zero-order chi connectivity index (χ0) is 19.0. The molecule has 142 valence electrons. The van der Waals surface area contributed by atoms with Gasteiger partial charge in [-0.15, -0.1) is 0 Å². The number of fused-ring (bicyclic) bond motifs is 1. The molecule has 0 radical (unpaired) electrons. The smallest absolute Gasteiger partial charge is 0.321 e. The van der Waals surface area contributed by atoms with Gasteiger partial charge in [-0.2, -0.15) is 0 Å². The number of carbonyl (C=O) groups is 2. The van der Waals surface area contributed by atoms with E-state index in [4.69, 9.17) is 0 Å². The lowest BCUT2D eigenvalue weighted by Crippen LogP contribution is -2.37. The van der Waals surface area contributed by atoms with Crippen molar-refractivity contribution >= 4 is 17.7 Å². The highest BCUT2D eigenvalue weighted by atomic mass is 16.4. The number of hydrogen-bond acceptors (Lipinski definition) is 3. The second-order valence-electron chi connectivity index (χ2n) is 7.73. The Hall–Kier alpha value is -2.83. The van der Waals surface area contributed by atoms with Gasteiger partial charge in [-0.05, 0) is 44.7 Å². The molecular formula is C20H24N4O3. The Morgan fingerprint density at radius 1 is 1.26 bits per heavy atom. The van der Waals surface area contributed by atoms with Gasteiger partial charge in [0.25, 0.3) is 0 Å². The van der Waals surface area contributed by atoms with E-state index in [9.17, 15) is 14.7 Å². The largest absolute Gasteiger partial charge is 0.481 e. The number of hydrogen-bond donors (Lipinski definition) is 2. The third-order valence-electron chi connectivity index (χ3n) is 5.65. The standard InChI is InChI=1S/C20H24N4O3/c1-20(18(25)26)8-10-23(13-20)19(27)22-15-6-4-5-14(11-15)17-21-12-16-7-2-3-9-24(16)17/h4-6,11-12H,2-3,7-10,13H2,1H3,(H,22,27)(H,25,26). The minimum atomic E-state index is -0.867. The number of carbonyl (C=O) groups excluding carboxylic acids is 1. The van der Waals surface area contributed by atoms with Gasteiger partial charge >= 0.3 is 12.0 Å². The topological polar surface area (TPSA) is 87.5 Å². The van der Waals surface area contributed by atoms with Crippen LogP contribution in [-0.2, 0) is 17.8 Å². The van der Waals surface area contributed by atoms with Crippen LogP contribution in [0.15, 0.2) is 30.5 Å². The monoisotopic (exact) mass is 368 g/mol. The molecule has 0 bridgehead atoms. The Balaban J connectivity index is 1.50. The van der Waals surface area contributed by atoms with Crippen LogP contribution in [0.25, 0.3) is 11.4 Å². The van der Waals surface area contributed by atoms with E-state index in [1.165, 1.54) is 12.1 Å². The molecule has 1 fully saturated rings. The average Bonchev–Trinajstić information content (AvgIpc) is 3.27. The number of aryl methyl sites for hydroxylation is 1. The van der Waals surface area contributed by atoms with Gasteiger partial charge in [0.1, 0.15) is 5.82 Å². The van der Waals surface area contributed by atoms with E-state index in [0.29, 0.717) is 18.7 Å². The Morgan fingerprint density at radius 3 is 2.89 bits per heavy atom. The molecule has 7 heteroatoms. The fourth-order valence-corrected chi connectivity index (χ4v) is 3.91. The van der Waals surface area contributed by atoms with Gasteiger partial charge in [0.2, 0.25) is 0 Å².